The number of fused-ring (bicyclic) bond motifs is 1. The lowest BCUT2D eigenvalue weighted by molar-refractivity contribution is -0.384. The van der Waals surface area contributed by atoms with Gasteiger partial charge in [-0.25, -0.2) is 0 Å². The van der Waals surface area contributed by atoms with E-state index in [1.807, 2.05) is 0 Å². The van der Waals surface area contributed by atoms with E-state index >= 15 is 0 Å². The number of amides is 3. The molecule has 2 aromatic carbocycles. The van der Waals surface area contributed by atoms with Crippen LogP contribution in [0.2, 0.25) is 0 Å². The third kappa shape index (κ3) is 3.54. The number of nitrogens with one attached hydrogen (secondary N) is 1. The van der Waals surface area contributed by atoms with Gasteiger partial charge in [0, 0.05) is 17.8 Å². The highest BCUT2D eigenvalue weighted by molar-refractivity contribution is 6.23. The van der Waals surface area contributed by atoms with Crippen molar-refractivity contribution in [2.24, 2.45) is 0 Å². The summed E-state index contributed by atoms with van der Waals surface area (Å²) in [6.07, 6.45) is -4.60. The van der Waals surface area contributed by atoms with Crippen LogP contribution in [0.15, 0.2) is 42.5 Å². The molecule has 1 heterocycles. The lowest BCUT2D eigenvalue weighted by Gasteiger charge is -2.14. The maximum Gasteiger partial charge on any atom is 0.416 e. The van der Waals surface area contributed by atoms with Crippen LogP contribution in [-0.4, -0.2) is 34.1 Å². The van der Waals surface area contributed by atoms with Crippen LogP contribution in [-0.2, 0) is 11.0 Å². The van der Waals surface area contributed by atoms with Crippen molar-refractivity contribution in [3.05, 3.63) is 69.3 Å². The first-order chi connectivity index (χ1) is 13.1. The van der Waals surface area contributed by atoms with Gasteiger partial charge in [0.15, 0.2) is 0 Å². The number of halogens is 3. The normalized spacial score (nSPS) is 13.5. The minimum atomic E-state index is -4.60. The largest absolute Gasteiger partial charge is 0.416 e. The summed E-state index contributed by atoms with van der Waals surface area (Å²) in [5.74, 6) is -2.62. The Morgan fingerprint density at radius 2 is 1.75 bits per heavy atom. The van der Waals surface area contributed by atoms with Gasteiger partial charge < -0.3 is 5.32 Å². The lowest BCUT2D eigenvalue weighted by Crippen LogP contribution is -2.37. The monoisotopic (exact) mass is 393 g/mol. The first-order valence-corrected chi connectivity index (χ1v) is 7.69. The summed E-state index contributed by atoms with van der Waals surface area (Å²) in [6, 6.07) is 6.95. The number of non-ortho nitro benzene ring substituents is 1. The van der Waals surface area contributed by atoms with Crippen molar-refractivity contribution >= 4 is 29.1 Å². The molecule has 0 bridgehead atoms. The van der Waals surface area contributed by atoms with Gasteiger partial charge in [0.1, 0.15) is 6.54 Å². The van der Waals surface area contributed by atoms with Crippen LogP contribution in [0.1, 0.15) is 26.3 Å². The van der Waals surface area contributed by atoms with Gasteiger partial charge in [0.25, 0.3) is 17.5 Å². The molecule has 0 fully saturated rings. The number of imide groups is 1. The second-order valence-electron chi connectivity index (χ2n) is 5.81. The van der Waals surface area contributed by atoms with Crippen molar-refractivity contribution in [2.45, 2.75) is 6.18 Å². The summed E-state index contributed by atoms with van der Waals surface area (Å²) in [5.41, 5.74) is -1.84. The predicted octanol–water partition coefficient (Wildman–Crippen LogP) is 2.85. The molecule has 0 radical (unpaired) electrons. The molecule has 0 spiro atoms. The Labute approximate surface area is 154 Å². The molecule has 2 aromatic rings. The summed E-state index contributed by atoms with van der Waals surface area (Å²) < 4.78 is 38.2. The third-order valence-electron chi connectivity index (χ3n) is 3.94. The van der Waals surface area contributed by atoms with E-state index in [9.17, 15) is 37.7 Å². The van der Waals surface area contributed by atoms with Gasteiger partial charge in [0.2, 0.25) is 5.91 Å². The molecule has 1 aliphatic rings. The fourth-order valence-corrected chi connectivity index (χ4v) is 2.65. The Kier molecular flexibility index (Phi) is 4.59. The van der Waals surface area contributed by atoms with Crippen molar-refractivity contribution in [1.82, 2.24) is 4.90 Å². The van der Waals surface area contributed by atoms with Crippen LogP contribution in [0.3, 0.4) is 0 Å². The Bertz CT molecular complexity index is 1020. The summed E-state index contributed by atoms with van der Waals surface area (Å²) >= 11 is 0. The highest BCUT2D eigenvalue weighted by Gasteiger charge is 2.38. The number of nitro benzene ring substituents is 1. The first-order valence-electron chi connectivity index (χ1n) is 7.69. The number of nitrogens with zero attached hydrogens (tertiary/aromatic N) is 2. The molecule has 0 aromatic heterocycles. The number of nitro groups is 1. The minimum Gasteiger partial charge on any atom is -0.325 e. The fourth-order valence-electron chi connectivity index (χ4n) is 2.65. The van der Waals surface area contributed by atoms with Crippen molar-refractivity contribution in [3.63, 3.8) is 0 Å². The van der Waals surface area contributed by atoms with Gasteiger partial charge in [-0.2, -0.15) is 13.2 Å². The quantitative estimate of drug-likeness (QED) is 0.488. The molecular weight excluding hydrogens is 383 g/mol. The number of hydrogen-bond acceptors (Lipinski definition) is 5. The predicted molar refractivity (Wildman–Crippen MR) is 88.5 cm³/mol. The van der Waals surface area contributed by atoms with Crippen molar-refractivity contribution < 1.29 is 32.5 Å². The van der Waals surface area contributed by atoms with E-state index in [0.717, 1.165) is 30.3 Å². The van der Waals surface area contributed by atoms with Crippen molar-refractivity contribution in [2.75, 3.05) is 11.9 Å². The first kappa shape index (κ1) is 19.0. The number of benzene rings is 2. The second kappa shape index (κ2) is 6.76. The average molecular weight is 393 g/mol. The number of carbonyl (C=O) groups excluding carboxylic acids is 3. The topological polar surface area (TPSA) is 110 Å². The zero-order valence-corrected chi connectivity index (χ0v) is 13.8. The van der Waals surface area contributed by atoms with Gasteiger partial charge in [-0.3, -0.25) is 29.4 Å². The Hall–Kier alpha value is -3.76. The molecular formula is C17H10F3N3O5. The molecule has 144 valence electrons. The van der Waals surface area contributed by atoms with Crippen LogP contribution >= 0.6 is 0 Å². The molecule has 0 saturated heterocycles. The van der Waals surface area contributed by atoms with Crippen molar-refractivity contribution in [1.29, 1.82) is 0 Å². The Morgan fingerprint density at radius 1 is 1.07 bits per heavy atom. The van der Waals surface area contributed by atoms with Crippen LogP contribution in [0, 0.1) is 10.1 Å². The zero-order valence-electron chi connectivity index (χ0n) is 13.8. The molecule has 0 aliphatic carbocycles. The van der Waals surface area contributed by atoms with Gasteiger partial charge in [-0.1, -0.05) is 6.07 Å². The molecule has 0 unspecified atom stereocenters. The average Bonchev–Trinajstić information content (AvgIpc) is 2.85. The molecule has 0 saturated carbocycles. The second-order valence-corrected chi connectivity index (χ2v) is 5.81. The number of alkyl halides is 3. The molecule has 8 nitrogen and oxygen atoms in total. The van der Waals surface area contributed by atoms with E-state index in [4.69, 9.17) is 0 Å². The third-order valence-corrected chi connectivity index (χ3v) is 3.94. The van der Waals surface area contributed by atoms with Crippen LogP contribution in [0.4, 0.5) is 24.5 Å². The molecule has 1 N–H and O–H groups in total. The van der Waals surface area contributed by atoms with Crippen LogP contribution in [0.25, 0.3) is 0 Å². The molecule has 28 heavy (non-hydrogen) atoms. The van der Waals surface area contributed by atoms with E-state index in [1.54, 1.807) is 0 Å². The Morgan fingerprint density at radius 3 is 2.39 bits per heavy atom. The van der Waals surface area contributed by atoms with Gasteiger partial charge in [-0.05, 0) is 24.3 Å². The SMILES string of the molecule is O=C(CN1C(=O)c2ccc([N+](=O)[O-])cc2C1=O)Nc1cccc(C(F)(F)F)c1. The van der Waals surface area contributed by atoms with Gasteiger partial charge in [-0.15, -0.1) is 0 Å². The Balaban J connectivity index is 1.75. The highest BCUT2D eigenvalue weighted by atomic mass is 19.4. The summed E-state index contributed by atoms with van der Waals surface area (Å²) in [4.78, 5) is 47.3. The maximum absolute atomic E-state index is 12.7. The van der Waals surface area contributed by atoms with Crippen LogP contribution < -0.4 is 5.32 Å². The fraction of sp³-hybridized carbons (Fsp3) is 0.118. The lowest BCUT2D eigenvalue weighted by atomic mass is 10.1. The van der Waals surface area contributed by atoms with Crippen molar-refractivity contribution in [3.8, 4) is 0 Å². The molecule has 3 amide bonds. The number of rotatable bonds is 4. The highest BCUT2D eigenvalue weighted by Crippen LogP contribution is 2.31. The smallest absolute Gasteiger partial charge is 0.325 e. The number of carbonyl (C=O) groups is 3. The molecule has 0 atom stereocenters. The molecule has 3 rings (SSSR count). The van der Waals surface area contributed by atoms with E-state index in [-0.39, 0.29) is 16.8 Å². The summed E-state index contributed by atoms with van der Waals surface area (Å²) in [7, 11) is 0. The maximum atomic E-state index is 12.7. The van der Waals surface area contributed by atoms with E-state index in [0.29, 0.717) is 11.0 Å². The number of anilines is 1. The van der Waals surface area contributed by atoms with E-state index < -0.39 is 46.6 Å². The van der Waals surface area contributed by atoms with E-state index in [2.05, 4.69) is 5.32 Å². The summed E-state index contributed by atoms with van der Waals surface area (Å²) in [6.45, 7) is -0.754. The van der Waals surface area contributed by atoms with Gasteiger partial charge >= 0.3 is 6.18 Å². The van der Waals surface area contributed by atoms with Crippen LogP contribution in [0.5, 0.6) is 0 Å². The zero-order chi connectivity index (χ0) is 20.6. The standard InChI is InChI=1S/C17H10F3N3O5/c18-17(19,20)9-2-1-3-10(6-9)21-14(24)8-22-15(25)12-5-4-11(23(27)28)7-13(12)16(22)26/h1-7H,8H2,(H,21,24). The number of hydrogen-bond donors (Lipinski definition) is 1. The molecule has 1 aliphatic heterocycles. The van der Waals surface area contributed by atoms with Gasteiger partial charge in [0.05, 0.1) is 21.6 Å². The van der Waals surface area contributed by atoms with E-state index in [1.165, 1.54) is 6.07 Å². The minimum absolute atomic E-state index is 0.0949. The summed E-state index contributed by atoms with van der Waals surface area (Å²) in [5, 5.41) is 13.0. The molecule has 11 heteroatoms.